The van der Waals surface area contributed by atoms with Crippen LogP contribution >= 0.6 is 0 Å². The highest BCUT2D eigenvalue weighted by Crippen LogP contribution is 2.19. The second-order valence-electron chi connectivity index (χ2n) is 6.01. The van der Waals surface area contributed by atoms with Gasteiger partial charge in [-0.3, -0.25) is 4.90 Å². The summed E-state index contributed by atoms with van der Waals surface area (Å²) >= 11 is 0. The van der Waals surface area contributed by atoms with E-state index in [9.17, 15) is 0 Å². The number of nitrogens with zero attached hydrogens (tertiary/aromatic N) is 1. The maximum atomic E-state index is 5.26. The number of hydrogen-bond acceptors (Lipinski definition) is 3. The first-order valence-corrected chi connectivity index (χ1v) is 8.00. The molecule has 1 aromatic rings. The van der Waals surface area contributed by atoms with Gasteiger partial charge in [-0.2, -0.15) is 0 Å². The number of benzene rings is 1. The van der Waals surface area contributed by atoms with E-state index >= 15 is 0 Å². The minimum atomic E-state index is 0.356. The number of likely N-dealkylation sites (N-methyl/N-ethyl adjacent to an activating group) is 1. The van der Waals surface area contributed by atoms with Crippen LogP contribution in [0.4, 0.5) is 0 Å². The number of nitrogens with one attached hydrogen (secondary N) is 1. The van der Waals surface area contributed by atoms with Crippen molar-refractivity contribution in [3.63, 3.8) is 0 Å². The van der Waals surface area contributed by atoms with Gasteiger partial charge in [-0.15, -0.1) is 0 Å². The Morgan fingerprint density at radius 2 is 1.81 bits per heavy atom. The standard InChI is InChI=1S/C18H32N2O/c1-7-16(4)20(8-9-21-6)13-18(19-5)17-11-14(2)10-15(3)12-17/h10-12,16,18-19H,7-9,13H2,1-6H3. The summed E-state index contributed by atoms with van der Waals surface area (Å²) < 4.78 is 5.26. The molecule has 2 atom stereocenters. The van der Waals surface area contributed by atoms with Gasteiger partial charge in [0.05, 0.1) is 6.61 Å². The van der Waals surface area contributed by atoms with Crippen molar-refractivity contribution in [1.82, 2.24) is 10.2 Å². The Bertz CT molecular complexity index is 399. The Labute approximate surface area is 130 Å². The highest BCUT2D eigenvalue weighted by Gasteiger charge is 2.18. The number of methoxy groups -OCH3 is 1. The van der Waals surface area contributed by atoms with E-state index in [1.807, 2.05) is 7.05 Å². The average molecular weight is 292 g/mol. The molecule has 0 aliphatic heterocycles. The molecule has 0 amide bonds. The summed E-state index contributed by atoms with van der Waals surface area (Å²) in [7, 11) is 3.82. The van der Waals surface area contributed by atoms with Crippen molar-refractivity contribution in [3.05, 3.63) is 34.9 Å². The molecule has 0 radical (unpaired) electrons. The first kappa shape index (κ1) is 18.1. The number of aryl methyl sites for hydroxylation is 2. The molecule has 2 unspecified atom stereocenters. The van der Waals surface area contributed by atoms with Crippen LogP contribution in [0.5, 0.6) is 0 Å². The van der Waals surface area contributed by atoms with Crippen LogP contribution in [0.25, 0.3) is 0 Å². The van der Waals surface area contributed by atoms with Crippen molar-refractivity contribution in [1.29, 1.82) is 0 Å². The van der Waals surface area contributed by atoms with E-state index < -0.39 is 0 Å². The van der Waals surface area contributed by atoms with Gasteiger partial charge >= 0.3 is 0 Å². The summed E-state index contributed by atoms with van der Waals surface area (Å²) in [5.41, 5.74) is 4.04. The third-order valence-corrected chi connectivity index (χ3v) is 4.21. The van der Waals surface area contributed by atoms with Crippen molar-refractivity contribution in [3.8, 4) is 0 Å². The lowest BCUT2D eigenvalue weighted by Gasteiger charge is -2.32. The van der Waals surface area contributed by atoms with E-state index in [1.54, 1.807) is 7.11 Å². The number of hydrogen-bond donors (Lipinski definition) is 1. The van der Waals surface area contributed by atoms with Crippen LogP contribution < -0.4 is 5.32 Å². The summed E-state index contributed by atoms with van der Waals surface area (Å²) in [6.45, 7) is 11.7. The van der Waals surface area contributed by atoms with Gasteiger partial charge in [0.1, 0.15) is 0 Å². The van der Waals surface area contributed by atoms with Gasteiger partial charge < -0.3 is 10.1 Å². The smallest absolute Gasteiger partial charge is 0.0589 e. The fourth-order valence-corrected chi connectivity index (χ4v) is 2.77. The molecule has 21 heavy (non-hydrogen) atoms. The molecule has 0 fully saturated rings. The Morgan fingerprint density at radius 3 is 2.29 bits per heavy atom. The van der Waals surface area contributed by atoms with E-state index in [0.29, 0.717) is 12.1 Å². The Hall–Kier alpha value is -0.900. The lowest BCUT2D eigenvalue weighted by atomic mass is 10.0. The third-order valence-electron chi connectivity index (χ3n) is 4.21. The molecule has 1 aromatic carbocycles. The molecule has 0 bridgehead atoms. The van der Waals surface area contributed by atoms with Gasteiger partial charge in [0.15, 0.2) is 0 Å². The molecule has 3 heteroatoms. The number of ether oxygens (including phenoxy) is 1. The van der Waals surface area contributed by atoms with E-state index in [2.05, 4.69) is 56.1 Å². The van der Waals surface area contributed by atoms with E-state index in [0.717, 1.165) is 26.1 Å². The van der Waals surface area contributed by atoms with Crippen LogP contribution in [0.15, 0.2) is 18.2 Å². The maximum Gasteiger partial charge on any atom is 0.0589 e. The van der Waals surface area contributed by atoms with Crippen LogP contribution in [0.2, 0.25) is 0 Å². The van der Waals surface area contributed by atoms with Crippen LogP contribution in [-0.2, 0) is 4.74 Å². The Balaban J connectivity index is 2.86. The minimum Gasteiger partial charge on any atom is -0.383 e. The van der Waals surface area contributed by atoms with Crippen molar-refractivity contribution in [2.24, 2.45) is 0 Å². The van der Waals surface area contributed by atoms with Gasteiger partial charge in [-0.25, -0.2) is 0 Å². The lowest BCUT2D eigenvalue weighted by molar-refractivity contribution is 0.115. The second kappa shape index (κ2) is 9.19. The largest absolute Gasteiger partial charge is 0.383 e. The topological polar surface area (TPSA) is 24.5 Å². The summed E-state index contributed by atoms with van der Waals surface area (Å²) in [6, 6.07) is 7.74. The van der Waals surface area contributed by atoms with E-state index in [-0.39, 0.29) is 0 Å². The van der Waals surface area contributed by atoms with Gasteiger partial charge in [0.2, 0.25) is 0 Å². The predicted octanol–water partition coefficient (Wildman–Crippen LogP) is 3.31. The zero-order valence-electron chi connectivity index (χ0n) is 14.6. The molecule has 1 rings (SSSR count). The minimum absolute atomic E-state index is 0.356. The Kier molecular flexibility index (Phi) is 7.94. The third kappa shape index (κ3) is 5.77. The molecule has 0 saturated carbocycles. The molecule has 0 aliphatic carbocycles. The van der Waals surface area contributed by atoms with E-state index in [4.69, 9.17) is 4.74 Å². The maximum absolute atomic E-state index is 5.26. The lowest BCUT2D eigenvalue weighted by Crippen LogP contribution is -2.41. The van der Waals surface area contributed by atoms with Crippen molar-refractivity contribution in [2.75, 3.05) is 33.9 Å². The monoisotopic (exact) mass is 292 g/mol. The quantitative estimate of drug-likeness (QED) is 0.756. The van der Waals surface area contributed by atoms with Gasteiger partial charge in [0, 0.05) is 32.3 Å². The van der Waals surface area contributed by atoms with Crippen molar-refractivity contribution >= 4 is 0 Å². The molecule has 0 spiro atoms. The molecule has 0 saturated heterocycles. The average Bonchev–Trinajstić information content (AvgIpc) is 2.45. The first-order valence-electron chi connectivity index (χ1n) is 8.00. The predicted molar refractivity (Wildman–Crippen MR) is 90.9 cm³/mol. The van der Waals surface area contributed by atoms with Gasteiger partial charge in [-0.1, -0.05) is 36.2 Å². The number of rotatable bonds is 9. The van der Waals surface area contributed by atoms with Gasteiger partial charge in [0.25, 0.3) is 0 Å². The first-order chi connectivity index (χ1) is 10.0. The molecule has 0 aromatic heterocycles. The summed E-state index contributed by atoms with van der Waals surface area (Å²) in [4.78, 5) is 2.52. The highest BCUT2D eigenvalue weighted by atomic mass is 16.5. The molecular weight excluding hydrogens is 260 g/mol. The molecule has 1 N–H and O–H groups in total. The normalized spacial score (nSPS) is 14.4. The SMILES string of the molecule is CCC(C)N(CCOC)CC(NC)c1cc(C)cc(C)c1. The van der Waals surface area contributed by atoms with Crippen LogP contribution in [0.1, 0.15) is 43.0 Å². The fourth-order valence-electron chi connectivity index (χ4n) is 2.77. The fraction of sp³-hybridized carbons (Fsp3) is 0.667. The van der Waals surface area contributed by atoms with Gasteiger partial charge in [-0.05, 0) is 39.8 Å². The summed E-state index contributed by atoms with van der Waals surface area (Å²) in [6.07, 6.45) is 1.16. The second-order valence-corrected chi connectivity index (χ2v) is 6.01. The van der Waals surface area contributed by atoms with Crippen LogP contribution in [-0.4, -0.2) is 44.8 Å². The van der Waals surface area contributed by atoms with Crippen molar-refractivity contribution < 1.29 is 4.74 Å². The summed E-state index contributed by atoms with van der Waals surface area (Å²) in [5, 5.41) is 3.48. The molecule has 0 aliphatic rings. The van der Waals surface area contributed by atoms with Crippen LogP contribution in [0.3, 0.4) is 0 Å². The molecule has 0 heterocycles. The zero-order chi connectivity index (χ0) is 15.8. The summed E-state index contributed by atoms with van der Waals surface area (Å²) in [5.74, 6) is 0. The van der Waals surface area contributed by atoms with Crippen LogP contribution in [0, 0.1) is 13.8 Å². The molecular formula is C18H32N2O. The van der Waals surface area contributed by atoms with E-state index in [1.165, 1.54) is 16.7 Å². The molecule has 3 nitrogen and oxygen atoms in total. The Morgan fingerprint density at radius 1 is 1.19 bits per heavy atom. The van der Waals surface area contributed by atoms with Crippen molar-refractivity contribution in [2.45, 2.75) is 46.2 Å². The molecule has 120 valence electrons. The highest BCUT2D eigenvalue weighted by molar-refractivity contribution is 5.30. The zero-order valence-corrected chi connectivity index (χ0v) is 14.6.